The van der Waals surface area contributed by atoms with E-state index in [-0.39, 0.29) is 18.4 Å². The average molecular weight is 202 g/mol. The third-order valence-electron chi connectivity index (χ3n) is 1.86. The molecular weight excluding hydrogens is 184 g/mol. The second kappa shape index (κ2) is 4.95. The number of carbonyl (C=O) groups is 2. The molecule has 0 fully saturated rings. The van der Waals surface area contributed by atoms with Crippen molar-refractivity contribution in [3.63, 3.8) is 0 Å². The van der Waals surface area contributed by atoms with Gasteiger partial charge < -0.3 is 15.8 Å². The number of carbonyl (C=O) groups excluding carboxylic acids is 2. The van der Waals surface area contributed by atoms with Gasteiger partial charge in [-0.3, -0.25) is 9.59 Å². The molecule has 0 spiro atoms. The van der Waals surface area contributed by atoms with E-state index in [1.54, 1.807) is 20.8 Å². The van der Waals surface area contributed by atoms with Gasteiger partial charge in [-0.1, -0.05) is 0 Å². The molecule has 0 aromatic heterocycles. The van der Waals surface area contributed by atoms with Gasteiger partial charge in [-0.25, -0.2) is 0 Å². The van der Waals surface area contributed by atoms with Crippen LogP contribution < -0.4 is 11.1 Å². The molecule has 0 saturated heterocycles. The lowest BCUT2D eigenvalue weighted by molar-refractivity contribution is -0.150. The smallest absolute Gasteiger partial charge is 0.313 e. The summed E-state index contributed by atoms with van der Waals surface area (Å²) >= 11 is 0. The van der Waals surface area contributed by atoms with E-state index in [0.717, 1.165) is 0 Å². The number of ether oxygens (including phenoxy) is 1. The number of nitrogens with two attached hydrogens (primary N) is 1. The second-order valence-electron chi connectivity index (χ2n) is 3.88. The first kappa shape index (κ1) is 12.9. The summed E-state index contributed by atoms with van der Waals surface area (Å²) in [5.41, 5.74) is 4.62. The summed E-state index contributed by atoms with van der Waals surface area (Å²) < 4.78 is 4.59. The molecule has 0 saturated carbocycles. The highest BCUT2D eigenvalue weighted by Crippen LogP contribution is 2.15. The molecule has 0 bridgehead atoms. The van der Waals surface area contributed by atoms with Crippen molar-refractivity contribution in [2.24, 2.45) is 11.1 Å². The zero-order chi connectivity index (χ0) is 11.4. The predicted octanol–water partition coefficient (Wildman–Crippen LogP) is -0.351. The van der Waals surface area contributed by atoms with Crippen LogP contribution in [0.5, 0.6) is 0 Å². The lowest BCUT2D eigenvalue weighted by Crippen LogP contribution is -2.45. The Morgan fingerprint density at radius 2 is 2.00 bits per heavy atom. The fourth-order valence-corrected chi connectivity index (χ4v) is 0.818. The van der Waals surface area contributed by atoms with Crippen molar-refractivity contribution in [3.05, 3.63) is 0 Å². The van der Waals surface area contributed by atoms with Crippen LogP contribution in [0.15, 0.2) is 0 Å². The van der Waals surface area contributed by atoms with E-state index in [2.05, 4.69) is 10.1 Å². The maximum absolute atomic E-state index is 11.2. The van der Waals surface area contributed by atoms with E-state index in [4.69, 9.17) is 5.73 Å². The Kier molecular flexibility index (Phi) is 4.56. The standard InChI is InChI=1S/C9H18N2O3/c1-6(10)7(12)11-5-9(2,3)8(13)14-4/h6H,5,10H2,1-4H3,(H,11,12)/t6-/m0/s1. The summed E-state index contributed by atoms with van der Waals surface area (Å²) in [7, 11) is 1.32. The first-order chi connectivity index (χ1) is 6.31. The van der Waals surface area contributed by atoms with E-state index in [1.807, 2.05) is 0 Å². The van der Waals surface area contributed by atoms with E-state index in [9.17, 15) is 9.59 Å². The Bertz CT molecular complexity index is 224. The number of esters is 1. The van der Waals surface area contributed by atoms with Crippen LogP contribution in [0, 0.1) is 5.41 Å². The minimum Gasteiger partial charge on any atom is -0.469 e. The van der Waals surface area contributed by atoms with Gasteiger partial charge in [0.15, 0.2) is 0 Å². The van der Waals surface area contributed by atoms with Gasteiger partial charge in [0.1, 0.15) is 0 Å². The van der Waals surface area contributed by atoms with Crippen molar-refractivity contribution >= 4 is 11.9 Å². The van der Waals surface area contributed by atoms with Crippen molar-refractivity contribution in [1.29, 1.82) is 0 Å². The largest absolute Gasteiger partial charge is 0.469 e. The Morgan fingerprint density at radius 3 is 2.36 bits per heavy atom. The summed E-state index contributed by atoms with van der Waals surface area (Å²) in [6.07, 6.45) is 0. The minimum atomic E-state index is -0.723. The van der Waals surface area contributed by atoms with E-state index >= 15 is 0 Å². The highest BCUT2D eigenvalue weighted by Gasteiger charge is 2.29. The number of hydrogen-bond acceptors (Lipinski definition) is 4. The first-order valence-corrected chi connectivity index (χ1v) is 4.43. The Hall–Kier alpha value is -1.10. The van der Waals surface area contributed by atoms with Gasteiger partial charge in [-0.05, 0) is 20.8 Å². The SMILES string of the molecule is COC(=O)C(C)(C)CNC(=O)[C@H](C)N. The molecule has 0 unspecified atom stereocenters. The van der Waals surface area contributed by atoms with Gasteiger partial charge in [-0.2, -0.15) is 0 Å². The molecule has 0 heterocycles. The molecule has 0 aliphatic heterocycles. The molecule has 0 aliphatic rings. The van der Waals surface area contributed by atoms with Crippen LogP contribution in [0.1, 0.15) is 20.8 Å². The van der Waals surface area contributed by atoms with Gasteiger partial charge in [0.05, 0.1) is 18.6 Å². The number of nitrogens with one attached hydrogen (secondary N) is 1. The molecule has 5 heteroatoms. The normalized spacial score (nSPS) is 13.2. The molecule has 0 aromatic rings. The van der Waals surface area contributed by atoms with Crippen LogP contribution in [-0.4, -0.2) is 31.6 Å². The molecule has 3 N–H and O–H groups in total. The first-order valence-electron chi connectivity index (χ1n) is 4.43. The number of hydrogen-bond donors (Lipinski definition) is 2. The van der Waals surface area contributed by atoms with Crippen LogP contribution >= 0.6 is 0 Å². The fourth-order valence-electron chi connectivity index (χ4n) is 0.818. The van der Waals surface area contributed by atoms with Gasteiger partial charge >= 0.3 is 5.97 Å². The Balaban J connectivity index is 4.12. The third kappa shape index (κ3) is 3.74. The zero-order valence-electron chi connectivity index (χ0n) is 9.09. The average Bonchev–Trinajstić information content (AvgIpc) is 2.12. The van der Waals surface area contributed by atoms with Crippen LogP contribution in [0.4, 0.5) is 0 Å². The van der Waals surface area contributed by atoms with E-state index in [1.165, 1.54) is 7.11 Å². The Labute approximate surface area is 84.0 Å². The molecule has 1 amide bonds. The molecule has 14 heavy (non-hydrogen) atoms. The molecule has 0 radical (unpaired) electrons. The summed E-state index contributed by atoms with van der Waals surface area (Å²) in [5.74, 6) is -0.635. The molecule has 5 nitrogen and oxygen atoms in total. The van der Waals surface area contributed by atoms with Crippen molar-refractivity contribution in [2.75, 3.05) is 13.7 Å². The van der Waals surface area contributed by atoms with E-state index < -0.39 is 11.5 Å². The van der Waals surface area contributed by atoms with Gasteiger partial charge in [0, 0.05) is 6.54 Å². The molecule has 0 rings (SSSR count). The maximum atomic E-state index is 11.2. The summed E-state index contributed by atoms with van der Waals surface area (Å²) in [6.45, 7) is 5.20. The number of methoxy groups -OCH3 is 1. The van der Waals surface area contributed by atoms with Crippen molar-refractivity contribution in [1.82, 2.24) is 5.32 Å². The molecule has 0 aliphatic carbocycles. The van der Waals surface area contributed by atoms with Crippen molar-refractivity contribution in [3.8, 4) is 0 Å². The molecular formula is C9H18N2O3. The zero-order valence-corrected chi connectivity index (χ0v) is 9.09. The third-order valence-corrected chi connectivity index (χ3v) is 1.86. The van der Waals surface area contributed by atoms with Crippen LogP contribution in [0.25, 0.3) is 0 Å². The second-order valence-corrected chi connectivity index (χ2v) is 3.88. The minimum absolute atomic E-state index is 0.222. The lowest BCUT2D eigenvalue weighted by Gasteiger charge is -2.22. The highest BCUT2D eigenvalue weighted by atomic mass is 16.5. The van der Waals surface area contributed by atoms with Crippen LogP contribution in [0.3, 0.4) is 0 Å². The van der Waals surface area contributed by atoms with Crippen molar-refractivity contribution < 1.29 is 14.3 Å². The Morgan fingerprint density at radius 1 is 1.50 bits per heavy atom. The van der Waals surface area contributed by atoms with Crippen molar-refractivity contribution in [2.45, 2.75) is 26.8 Å². The molecule has 0 aromatic carbocycles. The van der Waals surface area contributed by atoms with E-state index in [0.29, 0.717) is 0 Å². The quantitative estimate of drug-likeness (QED) is 0.610. The van der Waals surface area contributed by atoms with Gasteiger partial charge in [-0.15, -0.1) is 0 Å². The fraction of sp³-hybridized carbons (Fsp3) is 0.778. The van der Waals surface area contributed by atoms with Gasteiger partial charge in [0.25, 0.3) is 0 Å². The van der Waals surface area contributed by atoms with Crippen LogP contribution in [-0.2, 0) is 14.3 Å². The van der Waals surface area contributed by atoms with Gasteiger partial charge in [0.2, 0.25) is 5.91 Å². The topological polar surface area (TPSA) is 81.4 Å². The van der Waals surface area contributed by atoms with Crippen LogP contribution in [0.2, 0.25) is 0 Å². The summed E-state index contributed by atoms with van der Waals surface area (Å²) in [4.78, 5) is 22.3. The maximum Gasteiger partial charge on any atom is 0.313 e. The summed E-state index contributed by atoms with van der Waals surface area (Å²) in [6, 6.07) is -0.566. The predicted molar refractivity (Wildman–Crippen MR) is 52.5 cm³/mol. The number of amides is 1. The number of rotatable bonds is 4. The monoisotopic (exact) mass is 202 g/mol. The summed E-state index contributed by atoms with van der Waals surface area (Å²) in [5, 5.41) is 2.57. The lowest BCUT2D eigenvalue weighted by atomic mass is 9.93. The molecule has 82 valence electrons. The molecule has 1 atom stereocenters. The highest BCUT2D eigenvalue weighted by molar-refractivity contribution is 5.82.